The lowest BCUT2D eigenvalue weighted by Gasteiger charge is -2.36. The van der Waals surface area contributed by atoms with E-state index >= 15 is 0 Å². The van der Waals surface area contributed by atoms with Gasteiger partial charge in [-0.3, -0.25) is 9.69 Å². The molecule has 2 aromatic carbocycles. The summed E-state index contributed by atoms with van der Waals surface area (Å²) in [5.41, 5.74) is 3.71. The lowest BCUT2D eigenvalue weighted by molar-refractivity contribution is 0.0760. The SMILES string of the molecule is O=C(c1cccc(Cl)c1)[C@@H]1CCCN(C2Cc3ccccc3C2)C1. The van der Waals surface area contributed by atoms with Crippen molar-refractivity contribution < 1.29 is 4.79 Å². The maximum absolute atomic E-state index is 12.8. The van der Waals surface area contributed by atoms with Crippen LogP contribution in [0.4, 0.5) is 0 Å². The third kappa shape index (κ3) is 3.13. The van der Waals surface area contributed by atoms with Crippen molar-refractivity contribution in [2.24, 2.45) is 5.92 Å². The van der Waals surface area contributed by atoms with Gasteiger partial charge in [-0.1, -0.05) is 48.0 Å². The second-order valence-electron chi connectivity index (χ2n) is 7.04. The van der Waals surface area contributed by atoms with Crippen molar-refractivity contribution in [1.82, 2.24) is 4.90 Å². The first-order valence-corrected chi connectivity index (χ1v) is 9.19. The summed E-state index contributed by atoms with van der Waals surface area (Å²) in [7, 11) is 0. The first-order chi connectivity index (χ1) is 11.7. The Morgan fingerprint density at radius 2 is 1.79 bits per heavy atom. The van der Waals surface area contributed by atoms with Crippen LogP contribution < -0.4 is 0 Å². The molecule has 3 heteroatoms. The minimum absolute atomic E-state index is 0.0981. The highest BCUT2D eigenvalue weighted by atomic mass is 35.5. The molecule has 0 unspecified atom stereocenters. The summed E-state index contributed by atoms with van der Waals surface area (Å²) in [6.07, 6.45) is 4.33. The van der Waals surface area contributed by atoms with Gasteiger partial charge in [-0.05, 0) is 55.5 Å². The summed E-state index contributed by atoms with van der Waals surface area (Å²) >= 11 is 6.05. The minimum atomic E-state index is 0.0981. The predicted molar refractivity (Wildman–Crippen MR) is 97.7 cm³/mol. The molecule has 24 heavy (non-hydrogen) atoms. The maximum Gasteiger partial charge on any atom is 0.167 e. The number of fused-ring (bicyclic) bond motifs is 1. The van der Waals surface area contributed by atoms with Crippen LogP contribution in [0.2, 0.25) is 5.02 Å². The van der Waals surface area contributed by atoms with Crippen LogP contribution in [0.3, 0.4) is 0 Å². The van der Waals surface area contributed by atoms with Crippen molar-refractivity contribution in [1.29, 1.82) is 0 Å². The molecule has 2 aromatic rings. The average Bonchev–Trinajstić information content (AvgIpc) is 3.05. The Bertz CT molecular complexity index is 732. The Hall–Kier alpha value is -1.64. The van der Waals surface area contributed by atoms with Gasteiger partial charge in [0.2, 0.25) is 0 Å². The number of rotatable bonds is 3. The van der Waals surface area contributed by atoms with Crippen LogP contribution in [-0.4, -0.2) is 29.8 Å². The quantitative estimate of drug-likeness (QED) is 0.772. The molecule has 0 N–H and O–H groups in total. The molecule has 1 aliphatic heterocycles. The molecule has 0 saturated carbocycles. The van der Waals surface area contributed by atoms with Crippen LogP contribution in [0.25, 0.3) is 0 Å². The first-order valence-electron chi connectivity index (χ1n) is 8.81. The second-order valence-corrected chi connectivity index (χ2v) is 7.48. The van der Waals surface area contributed by atoms with Gasteiger partial charge in [0.05, 0.1) is 0 Å². The molecule has 1 atom stereocenters. The van der Waals surface area contributed by atoms with Gasteiger partial charge < -0.3 is 0 Å². The number of likely N-dealkylation sites (tertiary alicyclic amines) is 1. The second kappa shape index (κ2) is 6.70. The number of hydrogen-bond donors (Lipinski definition) is 0. The summed E-state index contributed by atoms with van der Waals surface area (Å²) in [5.74, 6) is 0.346. The fraction of sp³-hybridized carbons (Fsp3) is 0.381. The van der Waals surface area contributed by atoms with E-state index in [2.05, 4.69) is 29.2 Å². The van der Waals surface area contributed by atoms with Gasteiger partial charge in [0.15, 0.2) is 5.78 Å². The van der Waals surface area contributed by atoms with Crippen LogP contribution in [0.5, 0.6) is 0 Å². The van der Waals surface area contributed by atoms with Crippen molar-refractivity contribution in [3.8, 4) is 0 Å². The maximum atomic E-state index is 12.8. The van der Waals surface area contributed by atoms with E-state index in [0.717, 1.165) is 44.3 Å². The van der Waals surface area contributed by atoms with Crippen LogP contribution >= 0.6 is 11.6 Å². The van der Waals surface area contributed by atoms with E-state index in [-0.39, 0.29) is 11.7 Å². The number of benzene rings is 2. The molecule has 1 fully saturated rings. The molecular weight excluding hydrogens is 318 g/mol. The Kier molecular flexibility index (Phi) is 4.43. The monoisotopic (exact) mass is 339 g/mol. The lowest BCUT2D eigenvalue weighted by Crippen LogP contribution is -2.45. The zero-order chi connectivity index (χ0) is 16.5. The van der Waals surface area contributed by atoms with Crippen LogP contribution in [0.15, 0.2) is 48.5 Å². The number of Topliss-reactive ketones (excluding diaryl/α,β-unsaturated/α-hetero) is 1. The van der Waals surface area contributed by atoms with E-state index in [1.807, 2.05) is 18.2 Å². The van der Waals surface area contributed by atoms with Crippen molar-refractivity contribution in [3.63, 3.8) is 0 Å². The van der Waals surface area contributed by atoms with Gasteiger partial charge in [-0.2, -0.15) is 0 Å². The smallest absolute Gasteiger partial charge is 0.167 e. The van der Waals surface area contributed by atoms with Crippen molar-refractivity contribution in [3.05, 3.63) is 70.2 Å². The molecule has 4 rings (SSSR count). The topological polar surface area (TPSA) is 20.3 Å². The third-order valence-electron chi connectivity index (χ3n) is 5.48. The van der Waals surface area contributed by atoms with Crippen LogP contribution in [-0.2, 0) is 12.8 Å². The van der Waals surface area contributed by atoms with Gasteiger partial charge in [0, 0.05) is 29.1 Å². The summed E-state index contributed by atoms with van der Waals surface area (Å²) in [6, 6.07) is 16.7. The number of piperidine rings is 1. The van der Waals surface area contributed by atoms with E-state index in [9.17, 15) is 4.79 Å². The zero-order valence-corrected chi connectivity index (χ0v) is 14.5. The highest BCUT2D eigenvalue weighted by Gasteiger charge is 2.33. The largest absolute Gasteiger partial charge is 0.299 e. The van der Waals surface area contributed by atoms with Crippen LogP contribution in [0.1, 0.15) is 34.3 Å². The predicted octanol–water partition coefficient (Wildman–Crippen LogP) is 4.40. The molecule has 0 bridgehead atoms. The number of carbonyl (C=O) groups excluding carboxylic acids is 1. The van der Waals surface area contributed by atoms with E-state index in [4.69, 9.17) is 11.6 Å². The first kappa shape index (κ1) is 15.9. The molecule has 2 aliphatic rings. The number of hydrogen-bond acceptors (Lipinski definition) is 2. The van der Waals surface area contributed by atoms with E-state index in [1.54, 1.807) is 6.07 Å². The molecule has 1 saturated heterocycles. The number of carbonyl (C=O) groups is 1. The normalized spacial score (nSPS) is 21.6. The average molecular weight is 340 g/mol. The summed E-state index contributed by atoms with van der Waals surface area (Å²) in [4.78, 5) is 15.4. The molecule has 124 valence electrons. The number of nitrogens with zero attached hydrogens (tertiary/aromatic N) is 1. The fourth-order valence-corrected chi connectivity index (χ4v) is 4.41. The lowest BCUT2D eigenvalue weighted by atomic mass is 9.89. The molecular formula is C21H22ClNO. The standard InChI is InChI=1S/C21H22ClNO/c22-19-9-3-7-17(11-19)21(24)18-8-4-10-23(14-18)20-12-15-5-1-2-6-16(15)13-20/h1-3,5-7,9,11,18,20H,4,8,10,12-14H2/t18-/m1/s1. The number of halogens is 1. The number of ketones is 1. The highest BCUT2D eigenvalue weighted by Crippen LogP contribution is 2.30. The van der Waals surface area contributed by atoms with Gasteiger partial charge in [0.25, 0.3) is 0 Å². The van der Waals surface area contributed by atoms with Crippen molar-refractivity contribution in [2.45, 2.75) is 31.7 Å². The third-order valence-corrected chi connectivity index (χ3v) is 5.71. The Labute approximate surface area is 148 Å². The summed E-state index contributed by atoms with van der Waals surface area (Å²) in [5, 5.41) is 0.639. The molecule has 1 heterocycles. The van der Waals surface area contributed by atoms with Gasteiger partial charge in [0.1, 0.15) is 0 Å². The molecule has 2 nitrogen and oxygen atoms in total. The van der Waals surface area contributed by atoms with Crippen molar-refractivity contribution in [2.75, 3.05) is 13.1 Å². The zero-order valence-electron chi connectivity index (χ0n) is 13.7. The van der Waals surface area contributed by atoms with Crippen LogP contribution in [0, 0.1) is 5.92 Å². The Balaban J connectivity index is 1.46. The molecule has 0 radical (unpaired) electrons. The van der Waals surface area contributed by atoms with Crippen molar-refractivity contribution >= 4 is 17.4 Å². The van der Waals surface area contributed by atoms with E-state index < -0.39 is 0 Å². The Morgan fingerprint density at radius 3 is 2.50 bits per heavy atom. The van der Waals surface area contributed by atoms with Gasteiger partial charge in [-0.25, -0.2) is 0 Å². The molecule has 1 aliphatic carbocycles. The fourth-order valence-electron chi connectivity index (χ4n) is 4.22. The summed E-state index contributed by atoms with van der Waals surface area (Å²) < 4.78 is 0. The van der Waals surface area contributed by atoms with Gasteiger partial charge in [-0.15, -0.1) is 0 Å². The van der Waals surface area contributed by atoms with E-state index in [0.29, 0.717) is 11.1 Å². The molecule has 0 spiro atoms. The van der Waals surface area contributed by atoms with E-state index in [1.165, 1.54) is 11.1 Å². The molecule has 0 aromatic heterocycles. The Morgan fingerprint density at radius 1 is 1.04 bits per heavy atom. The van der Waals surface area contributed by atoms with Gasteiger partial charge >= 0.3 is 0 Å². The highest BCUT2D eigenvalue weighted by molar-refractivity contribution is 6.31. The molecule has 0 amide bonds. The summed E-state index contributed by atoms with van der Waals surface area (Å²) in [6.45, 7) is 1.99. The minimum Gasteiger partial charge on any atom is -0.299 e.